The maximum atomic E-state index is 9.22. The fourth-order valence-corrected chi connectivity index (χ4v) is 9.46. The van der Waals surface area contributed by atoms with Crippen LogP contribution in [0, 0.1) is 0 Å². The molecule has 0 radical (unpaired) electrons. The van der Waals surface area contributed by atoms with Gasteiger partial charge in [-0.3, -0.25) is 0 Å². The number of hydrogen-bond acceptors (Lipinski definition) is 1. The molecular weight excluding hydrogens is 383 g/mol. The standard InChI is InChI=1S/C28H35OP/c1-25(29)17-9-4-2-3-5-16-24-30(26-18-10-6-11-19-26,27-20-12-7-13-21-27)28-22-14-8-15-23-28/h6-8,10-15,18-23,29-30H,1-5,9,16-17,24H2. The third kappa shape index (κ3) is 5.83. The molecule has 158 valence electrons. The van der Waals surface area contributed by atoms with Crippen LogP contribution >= 0.6 is 7.26 Å². The molecule has 0 aliphatic carbocycles. The molecule has 3 aromatic rings. The van der Waals surface area contributed by atoms with Gasteiger partial charge in [-0.15, -0.1) is 0 Å². The minimum atomic E-state index is -2.06. The fourth-order valence-electron chi connectivity index (χ4n) is 4.53. The molecule has 1 nitrogen and oxygen atoms in total. The molecule has 0 aliphatic rings. The number of unbranched alkanes of at least 4 members (excludes halogenated alkanes) is 5. The van der Waals surface area contributed by atoms with Crippen molar-refractivity contribution in [1.82, 2.24) is 0 Å². The van der Waals surface area contributed by atoms with E-state index in [1.165, 1.54) is 54.2 Å². The van der Waals surface area contributed by atoms with E-state index in [1.807, 2.05) is 0 Å². The van der Waals surface area contributed by atoms with Gasteiger partial charge in [-0.2, -0.15) is 0 Å². The SMILES string of the molecule is C=C(O)CCCCCCCC[PH](c1ccccc1)(c1ccccc1)c1ccccc1. The minimum absolute atomic E-state index is 0.319. The first kappa shape index (κ1) is 22.3. The number of benzene rings is 3. The Bertz CT molecular complexity index is 778. The number of aliphatic hydroxyl groups excluding tert-OH is 1. The monoisotopic (exact) mass is 418 g/mol. The summed E-state index contributed by atoms with van der Waals surface area (Å²) in [7, 11) is -2.06. The molecule has 0 fully saturated rings. The molecule has 0 heterocycles. The van der Waals surface area contributed by atoms with E-state index in [0.717, 1.165) is 12.8 Å². The van der Waals surface area contributed by atoms with Gasteiger partial charge >= 0.3 is 183 Å². The van der Waals surface area contributed by atoms with E-state index in [-0.39, 0.29) is 0 Å². The van der Waals surface area contributed by atoms with Crippen LogP contribution in [-0.4, -0.2) is 11.3 Å². The van der Waals surface area contributed by atoms with Crippen LogP contribution in [0.25, 0.3) is 0 Å². The number of aliphatic hydroxyl groups is 1. The van der Waals surface area contributed by atoms with Gasteiger partial charge in [-0.25, -0.2) is 0 Å². The van der Waals surface area contributed by atoms with E-state index in [1.54, 1.807) is 0 Å². The zero-order valence-electron chi connectivity index (χ0n) is 18.0. The molecule has 0 amide bonds. The third-order valence-electron chi connectivity index (χ3n) is 6.07. The van der Waals surface area contributed by atoms with Crippen molar-refractivity contribution in [3.8, 4) is 0 Å². The number of allylic oxidation sites excluding steroid dienone is 1. The van der Waals surface area contributed by atoms with Crippen LogP contribution in [-0.2, 0) is 0 Å². The maximum absolute atomic E-state index is 9.22. The Labute approximate surface area is 182 Å². The Balaban J connectivity index is 1.79. The first-order chi connectivity index (χ1) is 14.7. The molecule has 2 heteroatoms. The Morgan fingerprint density at radius 1 is 0.567 bits per heavy atom. The van der Waals surface area contributed by atoms with Crippen LogP contribution in [0.15, 0.2) is 103 Å². The predicted molar refractivity (Wildman–Crippen MR) is 135 cm³/mol. The zero-order valence-corrected chi connectivity index (χ0v) is 19.0. The van der Waals surface area contributed by atoms with E-state index >= 15 is 0 Å². The summed E-state index contributed by atoms with van der Waals surface area (Å²) in [5.41, 5.74) is 0. The average molecular weight is 419 g/mol. The van der Waals surface area contributed by atoms with Crippen LogP contribution in [0.4, 0.5) is 0 Å². The second-order valence-electron chi connectivity index (χ2n) is 8.19. The zero-order chi connectivity index (χ0) is 21.1. The first-order valence-corrected chi connectivity index (χ1v) is 13.5. The van der Waals surface area contributed by atoms with Crippen molar-refractivity contribution in [3.05, 3.63) is 103 Å². The van der Waals surface area contributed by atoms with Gasteiger partial charge in [0.1, 0.15) is 0 Å². The van der Waals surface area contributed by atoms with Crippen molar-refractivity contribution in [1.29, 1.82) is 0 Å². The summed E-state index contributed by atoms with van der Waals surface area (Å²) in [5.74, 6) is 0.319. The number of rotatable bonds is 12. The topological polar surface area (TPSA) is 20.2 Å². The van der Waals surface area contributed by atoms with Gasteiger partial charge in [0.2, 0.25) is 0 Å². The van der Waals surface area contributed by atoms with Gasteiger partial charge in [0, 0.05) is 0 Å². The summed E-state index contributed by atoms with van der Waals surface area (Å²) in [5, 5.41) is 13.7. The van der Waals surface area contributed by atoms with Crippen molar-refractivity contribution >= 4 is 23.2 Å². The summed E-state index contributed by atoms with van der Waals surface area (Å²) in [6.45, 7) is 3.58. The van der Waals surface area contributed by atoms with E-state index in [4.69, 9.17) is 0 Å². The van der Waals surface area contributed by atoms with Crippen molar-refractivity contribution in [2.75, 3.05) is 6.16 Å². The molecule has 0 atom stereocenters. The molecule has 3 rings (SSSR count). The van der Waals surface area contributed by atoms with Crippen LogP contribution in [0.2, 0.25) is 0 Å². The van der Waals surface area contributed by atoms with E-state index in [9.17, 15) is 5.11 Å². The summed E-state index contributed by atoms with van der Waals surface area (Å²) >= 11 is 0. The molecule has 1 N–H and O–H groups in total. The average Bonchev–Trinajstić information content (AvgIpc) is 2.80. The van der Waals surface area contributed by atoms with E-state index < -0.39 is 7.26 Å². The van der Waals surface area contributed by atoms with Gasteiger partial charge in [0.25, 0.3) is 0 Å². The molecule has 3 aromatic carbocycles. The van der Waals surface area contributed by atoms with Crippen LogP contribution < -0.4 is 15.9 Å². The summed E-state index contributed by atoms with van der Waals surface area (Å²) in [4.78, 5) is 0. The molecule has 0 saturated heterocycles. The molecule has 0 spiro atoms. The fraction of sp³-hybridized carbons (Fsp3) is 0.286. The second-order valence-corrected chi connectivity index (χ2v) is 12.2. The van der Waals surface area contributed by atoms with Crippen LogP contribution in [0.5, 0.6) is 0 Å². The Morgan fingerprint density at radius 2 is 0.933 bits per heavy atom. The molecule has 0 bridgehead atoms. The Kier molecular flexibility index (Phi) is 8.72. The van der Waals surface area contributed by atoms with E-state index in [0.29, 0.717) is 5.76 Å². The molecule has 0 aliphatic heterocycles. The molecule has 0 saturated carbocycles. The summed E-state index contributed by atoms with van der Waals surface area (Å²) in [6, 6.07) is 33.6. The predicted octanol–water partition coefficient (Wildman–Crippen LogP) is 6.52. The third-order valence-corrected chi connectivity index (χ3v) is 11.1. The van der Waals surface area contributed by atoms with Crippen LogP contribution in [0.1, 0.15) is 44.9 Å². The van der Waals surface area contributed by atoms with E-state index in [2.05, 4.69) is 97.6 Å². The van der Waals surface area contributed by atoms with Crippen molar-refractivity contribution in [2.45, 2.75) is 44.9 Å². The Morgan fingerprint density at radius 3 is 1.33 bits per heavy atom. The van der Waals surface area contributed by atoms with Gasteiger partial charge in [-0.05, 0) is 0 Å². The van der Waals surface area contributed by atoms with Gasteiger partial charge < -0.3 is 0 Å². The van der Waals surface area contributed by atoms with Gasteiger partial charge in [0.05, 0.1) is 0 Å². The quantitative estimate of drug-likeness (QED) is 0.202. The molecular formula is C28H35OP. The van der Waals surface area contributed by atoms with Crippen molar-refractivity contribution in [3.63, 3.8) is 0 Å². The Hall–Kier alpha value is -2.37. The van der Waals surface area contributed by atoms with Gasteiger partial charge in [-0.1, -0.05) is 0 Å². The molecule has 0 unspecified atom stereocenters. The summed E-state index contributed by atoms with van der Waals surface area (Å²) in [6.07, 6.45) is 9.22. The normalized spacial score (nSPS) is 11.9. The molecule has 0 aromatic heterocycles. The van der Waals surface area contributed by atoms with Crippen molar-refractivity contribution < 1.29 is 5.11 Å². The second kappa shape index (κ2) is 11.7. The van der Waals surface area contributed by atoms with Gasteiger partial charge in [0.15, 0.2) is 0 Å². The van der Waals surface area contributed by atoms with Crippen LogP contribution in [0.3, 0.4) is 0 Å². The first-order valence-electron chi connectivity index (χ1n) is 11.3. The molecule has 30 heavy (non-hydrogen) atoms. The summed E-state index contributed by atoms with van der Waals surface area (Å²) < 4.78 is 0. The van der Waals surface area contributed by atoms with Crippen molar-refractivity contribution in [2.24, 2.45) is 0 Å². The number of hydrogen-bond donors (Lipinski definition) is 1.